The molecular weight excluding hydrogens is 507 g/mol. The maximum Gasteiger partial charge on any atom is 0.417 e. The topological polar surface area (TPSA) is 106 Å². The van der Waals surface area contributed by atoms with E-state index in [9.17, 15) is 22.8 Å². The molecular formula is C24H28F3N7O4. The fourth-order valence-corrected chi connectivity index (χ4v) is 5.12. The van der Waals surface area contributed by atoms with Crippen molar-refractivity contribution in [3.05, 3.63) is 48.2 Å². The number of rotatable bonds is 8. The van der Waals surface area contributed by atoms with Crippen LogP contribution in [-0.2, 0) is 22.4 Å². The number of ether oxygens (including phenoxy) is 2. The monoisotopic (exact) mass is 535 g/mol. The van der Waals surface area contributed by atoms with E-state index in [4.69, 9.17) is 9.47 Å². The van der Waals surface area contributed by atoms with Crippen LogP contribution in [0.3, 0.4) is 0 Å². The fourth-order valence-electron chi connectivity index (χ4n) is 5.12. The maximum absolute atomic E-state index is 13.2. The molecule has 1 spiro atoms. The van der Waals surface area contributed by atoms with Crippen molar-refractivity contribution in [2.24, 2.45) is 5.41 Å². The first-order chi connectivity index (χ1) is 18.1. The average Bonchev–Trinajstić information content (AvgIpc) is 3.42. The van der Waals surface area contributed by atoms with Gasteiger partial charge in [-0.2, -0.15) is 18.3 Å². The Bertz CT molecular complexity index is 1320. The molecule has 14 heteroatoms. The van der Waals surface area contributed by atoms with Crippen LogP contribution in [-0.4, -0.2) is 87.4 Å². The van der Waals surface area contributed by atoms with Gasteiger partial charge < -0.3 is 29.2 Å². The second-order valence-electron chi connectivity index (χ2n) is 9.85. The molecule has 0 radical (unpaired) electrons. The van der Waals surface area contributed by atoms with E-state index in [-0.39, 0.29) is 29.8 Å². The number of imidazole rings is 1. The third-order valence-corrected chi connectivity index (χ3v) is 7.18. The van der Waals surface area contributed by atoms with E-state index < -0.39 is 17.8 Å². The molecule has 0 bridgehead atoms. The zero-order chi connectivity index (χ0) is 27.1. The SMILES string of the molecule is COCCOCn1ccn2ncc(C(=O)N3CC4(CC(N(C)C(=O)Nc5cncc(C(F)(F)F)c5)C4)C3)c12. The van der Waals surface area contributed by atoms with Crippen LogP contribution in [0.4, 0.5) is 23.7 Å². The number of amides is 3. The van der Waals surface area contributed by atoms with E-state index in [1.165, 1.54) is 11.1 Å². The van der Waals surface area contributed by atoms with Crippen molar-refractivity contribution in [2.45, 2.75) is 31.8 Å². The number of aromatic nitrogens is 4. The van der Waals surface area contributed by atoms with Crippen molar-refractivity contribution in [2.75, 3.05) is 45.8 Å². The van der Waals surface area contributed by atoms with Gasteiger partial charge >= 0.3 is 12.2 Å². The Morgan fingerprint density at radius 2 is 1.95 bits per heavy atom. The molecule has 204 valence electrons. The number of nitrogens with one attached hydrogen (secondary N) is 1. The summed E-state index contributed by atoms with van der Waals surface area (Å²) >= 11 is 0. The van der Waals surface area contributed by atoms with Gasteiger partial charge in [0.25, 0.3) is 5.91 Å². The molecule has 4 heterocycles. The lowest BCUT2D eigenvalue weighted by atomic mass is 9.60. The van der Waals surface area contributed by atoms with E-state index in [0.717, 1.165) is 6.07 Å². The first-order valence-electron chi connectivity index (χ1n) is 12.0. The van der Waals surface area contributed by atoms with Gasteiger partial charge in [-0.25, -0.2) is 9.31 Å². The highest BCUT2D eigenvalue weighted by Gasteiger charge is 2.55. The van der Waals surface area contributed by atoms with Gasteiger partial charge in [0.2, 0.25) is 0 Å². The second kappa shape index (κ2) is 9.91. The lowest BCUT2D eigenvalue weighted by Gasteiger charge is -2.60. The maximum atomic E-state index is 13.2. The van der Waals surface area contributed by atoms with E-state index in [0.29, 0.717) is 56.6 Å². The third kappa shape index (κ3) is 4.92. The number of carbonyl (C=O) groups excluding carboxylic acids is 2. The number of hydrogen-bond donors (Lipinski definition) is 1. The number of urea groups is 1. The fraction of sp³-hybridized carbons (Fsp3) is 0.500. The normalized spacial score (nSPS) is 16.9. The second-order valence-corrected chi connectivity index (χ2v) is 9.85. The Balaban J connectivity index is 1.14. The molecule has 3 amide bonds. The van der Waals surface area contributed by atoms with E-state index in [1.807, 2.05) is 4.57 Å². The predicted molar refractivity (Wildman–Crippen MR) is 128 cm³/mol. The summed E-state index contributed by atoms with van der Waals surface area (Å²) in [6.45, 7) is 2.30. The summed E-state index contributed by atoms with van der Waals surface area (Å²) in [6, 6.07) is 0.274. The smallest absolute Gasteiger partial charge is 0.382 e. The molecule has 1 saturated carbocycles. The van der Waals surface area contributed by atoms with Gasteiger partial charge in [0.1, 0.15) is 12.3 Å². The summed E-state index contributed by atoms with van der Waals surface area (Å²) in [7, 11) is 3.21. The van der Waals surface area contributed by atoms with Crippen LogP contribution in [0.25, 0.3) is 5.65 Å². The molecule has 2 fully saturated rings. The number of fused-ring (bicyclic) bond motifs is 1. The van der Waals surface area contributed by atoms with E-state index in [2.05, 4.69) is 15.4 Å². The summed E-state index contributed by atoms with van der Waals surface area (Å²) in [5.41, 5.74) is 0.126. The number of carbonyl (C=O) groups is 2. The number of anilines is 1. The van der Waals surface area contributed by atoms with Crippen LogP contribution in [0, 0.1) is 5.41 Å². The Labute approximate surface area is 216 Å². The summed E-state index contributed by atoms with van der Waals surface area (Å²) in [5.74, 6) is -0.117. The summed E-state index contributed by atoms with van der Waals surface area (Å²) in [6.07, 6.45) is 3.86. The lowest BCUT2D eigenvalue weighted by molar-refractivity contribution is -0.137. The number of hydrogen-bond acceptors (Lipinski definition) is 6. The Kier molecular flexibility index (Phi) is 6.77. The van der Waals surface area contributed by atoms with Crippen LogP contribution >= 0.6 is 0 Å². The standard InChI is InChI=1S/C24H28F3N7O4/c1-31(22(36)30-17-7-16(10-28-11-17)24(25,26)27)18-8-23(9-18)13-33(14-23)21(35)19-12-29-34-4-3-32(20(19)34)15-38-6-5-37-2/h3-4,7,10-12,18H,5-6,8-9,13-15H2,1-2H3,(H,30,36). The summed E-state index contributed by atoms with van der Waals surface area (Å²) in [5, 5.41) is 6.76. The first-order valence-corrected chi connectivity index (χ1v) is 12.0. The molecule has 0 aromatic carbocycles. The highest BCUT2D eigenvalue weighted by atomic mass is 19.4. The third-order valence-electron chi connectivity index (χ3n) is 7.18. The largest absolute Gasteiger partial charge is 0.417 e. The van der Waals surface area contributed by atoms with Crippen LogP contribution in [0.1, 0.15) is 28.8 Å². The average molecular weight is 536 g/mol. The van der Waals surface area contributed by atoms with Gasteiger partial charge in [0, 0.05) is 57.3 Å². The number of pyridine rings is 1. The van der Waals surface area contributed by atoms with Crippen molar-refractivity contribution in [3.8, 4) is 0 Å². The molecule has 1 N–H and O–H groups in total. The van der Waals surface area contributed by atoms with Crippen molar-refractivity contribution in [1.82, 2.24) is 29.0 Å². The van der Waals surface area contributed by atoms with Crippen molar-refractivity contribution in [1.29, 1.82) is 0 Å². The van der Waals surface area contributed by atoms with Gasteiger partial charge in [-0.3, -0.25) is 9.78 Å². The van der Waals surface area contributed by atoms with Gasteiger partial charge in [0.05, 0.1) is 36.9 Å². The molecule has 11 nitrogen and oxygen atoms in total. The molecule has 38 heavy (non-hydrogen) atoms. The Morgan fingerprint density at radius 3 is 2.66 bits per heavy atom. The molecule has 5 rings (SSSR count). The zero-order valence-corrected chi connectivity index (χ0v) is 20.9. The number of halogens is 3. The molecule has 1 aliphatic carbocycles. The number of methoxy groups -OCH3 is 1. The molecule has 0 unspecified atom stereocenters. The quantitative estimate of drug-likeness (QED) is 0.445. The first kappa shape index (κ1) is 26.0. The number of alkyl halides is 3. The van der Waals surface area contributed by atoms with Gasteiger partial charge in [-0.15, -0.1) is 0 Å². The summed E-state index contributed by atoms with van der Waals surface area (Å²) in [4.78, 5) is 32.7. The highest BCUT2D eigenvalue weighted by Crippen LogP contribution is 2.50. The molecule has 3 aromatic heterocycles. The van der Waals surface area contributed by atoms with E-state index >= 15 is 0 Å². The Morgan fingerprint density at radius 1 is 1.18 bits per heavy atom. The minimum absolute atomic E-state index is 0.0209. The molecule has 0 atom stereocenters. The molecule has 1 aliphatic heterocycles. The van der Waals surface area contributed by atoms with Crippen molar-refractivity contribution < 1.29 is 32.2 Å². The van der Waals surface area contributed by atoms with Crippen LogP contribution in [0.2, 0.25) is 0 Å². The zero-order valence-electron chi connectivity index (χ0n) is 20.9. The minimum Gasteiger partial charge on any atom is -0.382 e. The molecule has 2 aliphatic rings. The van der Waals surface area contributed by atoms with Gasteiger partial charge in [-0.1, -0.05) is 0 Å². The number of nitrogens with zero attached hydrogens (tertiary/aromatic N) is 6. The lowest BCUT2D eigenvalue weighted by Crippen LogP contribution is -2.67. The van der Waals surface area contributed by atoms with Crippen molar-refractivity contribution >= 4 is 23.3 Å². The minimum atomic E-state index is -4.54. The summed E-state index contributed by atoms with van der Waals surface area (Å²) < 4.78 is 52.8. The molecule has 3 aromatic rings. The highest BCUT2D eigenvalue weighted by molar-refractivity contribution is 6.00. The Hall–Kier alpha value is -3.65. The predicted octanol–water partition coefficient (Wildman–Crippen LogP) is 2.94. The van der Waals surface area contributed by atoms with E-state index in [1.54, 1.807) is 42.2 Å². The van der Waals surface area contributed by atoms with Crippen LogP contribution in [0.5, 0.6) is 0 Å². The van der Waals surface area contributed by atoms with Gasteiger partial charge in [0.15, 0.2) is 5.65 Å². The number of likely N-dealkylation sites (tertiary alicyclic amines) is 1. The molecule has 1 saturated heterocycles. The van der Waals surface area contributed by atoms with Crippen LogP contribution < -0.4 is 5.32 Å². The van der Waals surface area contributed by atoms with Crippen LogP contribution in [0.15, 0.2) is 37.1 Å². The van der Waals surface area contributed by atoms with Gasteiger partial charge in [-0.05, 0) is 18.9 Å². The van der Waals surface area contributed by atoms with Crippen molar-refractivity contribution in [3.63, 3.8) is 0 Å².